The van der Waals surface area contributed by atoms with Crippen LogP contribution in [-0.4, -0.2) is 29.0 Å². The lowest BCUT2D eigenvalue weighted by Crippen LogP contribution is -2.13. The zero-order valence-electron chi connectivity index (χ0n) is 11.4. The molecule has 0 fully saturated rings. The van der Waals surface area contributed by atoms with E-state index in [-0.39, 0.29) is 11.3 Å². The Morgan fingerprint density at radius 1 is 1.15 bits per heavy atom. The van der Waals surface area contributed by atoms with Crippen LogP contribution in [0.1, 0.15) is 12.5 Å². The number of benzene rings is 1. The molecular weight excluding hydrogens is 299 g/mol. The largest absolute Gasteiger partial charge is 0.424 e. The molecule has 0 unspecified atom stereocenters. The normalized spacial score (nSPS) is 10.4. The van der Waals surface area contributed by atoms with Crippen LogP contribution in [0.5, 0.6) is 11.8 Å². The highest BCUT2D eigenvalue weighted by atomic mass is 35.5. The van der Waals surface area contributed by atoms with Crippen LogP contribution in [0.4, 0.5) is 5.95 Å². The van der Waals surface area contributed by atoms with Crippen molar-refractivity contribution in [3.8, 4) is 11.8 Å². The van der Waals surface area contributed by atoms with Gasteiger partial charge in [0, 0.05) is 19.1 Å². The number of aryl methyl sites for hydroxylation is 1. The predicted octanol–water partition coefficient (Wildman–Crippen LogP) is 3.60. The number of rotatable bonds is 4. The van der Waals surface area contributed by atoms with Crippen LogP contribution in [-0.2, 0) is 6.42 Å². The number of halogens is 2. The summed E-state index contributed by atoms with van der Waals surface area (Å²) in [4.78, 5) is 13.8. The van der Waals surface area contributed by atoms with Crippen molar-refractivity contribution < 1.29 is 4.74 Å². The SMILES string of the molecule is CCc1cc(Oc2nc(Cl)nc(N(C)C)n2)ccc1Cl. The number of anilines is 1. The topological polar surface area (TPSA) is 51.1 Å². The smallest absolute Gasteiger partial charge is 0.328 e. The monoisotopic (exact) mass is 312 g/mol. The lowest BCUT2D eigenvalue weighted by molar-refractivity contribution is 0.439. The number of aromatic nitrogens is 3. The molecule has 0 atom stereocenters. The van der Waals surface area contributed by atoms with E-state index < -0.39 is 0 Å². The van der Waals surface area contributed by atoms with Crippen LogP contribution in [0.15, 0.2) is 18.2 Å². The molecule has 0 N–H and O–H groups in total. The van der Waals surface area contributed by atoms with E-state index in [0.29, 0.717) is 16.7 Å². The Labute approximate surface area is 127 Å². The summed E-state index contributed by atoms with van der Waals surface area (Å²) >= 11 is 11.9. The summed E-state index contributed by atoms with van der Waals surface area (Å²) in [6.45, 7) is 2.02. The zero-order chi connectivity index (χ0) is 14.7. The van der Waals surface area contributed by atoms with Gasteiger partial charge in [-0.2, -0.15) is 15.0 Å². The van der Waals surface area contributed by atoms with Crippen LogP contribution in [0.25, 0.3) is 0 Å². The molecule has 0 saturated heterocycles. The zero-order valence-corrected chi connectivity index (χ0v) is 12.9. The molecule has 7 heteroatoms. The van der Waals surface area contributed by atoms with Crippen LogP contribution in [0, 0.1) is 0 Å². The van der Waals surface area contributed by atoms with Crippen LogP contribution >= 0.6 is 23.2 Å². The molecule has 0 radical (unpaired) electrons. The fourth-order valence-electron chi connectivity index (χ4n) is 1.56. The van der Waals surface area contributed by atoms with Gasteiger partial charge in [-0.15, -0.1) is 0 Å². The van der Waals surface area contributed by atoms with E-state index in [1.807, 2.05) is 27.1 Å². The maximum absolute atomic E-state index is 6.07. The van der Waals surface area contributed by atoms with Gasteiger partial charge in [0.05, 0.1) is 0 Å². The van der Waals surface area contributed by atoms with Gasteiger partial charge in [-0.25, -0.2) is 0 Å². The van der Waals surface area contributed by atoms with E-state index in [4.69, 9.17) is 27.9 Å². The number of hydrogen-bond donors (Lipinski definition) is 0. The Balaban J connectivity index is 2.30. The van der Waals surface area contributed by atoms with Gasteiger partial charge in [0.2, 0.25) is 11.2 Å². The van der Waals surface area contributed by atoms with Crippen molar-refractivity contribution in [2.45, 2.75) is 13.3 Å². The molecule has 106 valence electrons. The molecule has 0 spiro atoms. The molecule has 0 aliphatic rings. The van der Waals surface area contributed by atoms with Gasteiger partial charge in [0.25, 0.3) is 0 Å². The highest BCUT2D eigenvalue weighted by Crippen LogP contribution is 2.26. The van der Waals surface area contributed by atoms with E-state index in [2.05, 4.69) is 15.0 Å². The molecular formula is C13H14Cl2N4O. The van der Waals surface area contributed by atoms with E-state index in [1.54, 1.807) is 17.0 Å². The second kappa shape index (κ2) is 6.24. The first kappa shape index (κ1) is 14.8. The van der Waals surface area contributed by atoms with Crippen molar-refractivity contribution in [1.82, 2.24) is 15.0 Å². The molecule has 0 aliphatic carbocycles. The Hall–Kier alpha value is -1.59. The summed E-state index contributed by atoms with van der Waals surface area (Å²) < 4.78 is 5.62. The summed E-state index contributed by atoms with van der Waals surface area (Å²) in [6.07, 6.45) is 0.816. The minimum absolute atomic E-state index is 0.0865. The van der Waals surface area contributed by atoms with E-state index in [9.17, 15) is 0 Å². The van der Waals surface area contributed by atoms with Gasteiger partial charge < -0.3 is 9.64 Å². The minimum atomic E-state index is 0.0865. The maximum atomic E-state index is 6.07. The fourth-order valence-corrected chi connectivity index (χ4v) is 1.96. The molecule has 0 aliphatic heterocycles. The standard InChI is InChI=1S/C13H14Cl2N4O/c1-4-8-7-9(5-6-10(8)14)20-13-17-11(15)16-12(18-13)19(2)3/h5-7H,4H2,1-3H3. The van der Waals surface area contributed by atoms with E-state index in [1.165, 1.54) is 0 Å². The summed E-state index contributed by atoms with van der Waals surface area (Å²) in [5, 5.41) is 0.797. The third kappa shape index (κ3) is 3.49. The van der Waals surface area contributed by atoms with Gasteiger partial charge >= 0.3 is 6.01 Å². The van der Waals surface area contributed by atoms with Crippen LogP contribution < -0.4 is 9.64 Å². The van der Waals surface area contributed by atoms with Gasteiger partial charge in [0.15, 0.2) is 0 Å². The van der Waals surface area contributed by atoms with Crippen LogP contribution in [0.3, 0.4) is 0 Å². The summed E-state index contributed by atoms with van der Waals surface area (Å²) in [5.41, 5.74) is 0.997. The second-order valence-electron chi connectivity index (χ2n) is 4.29. The van der Waals surface area contributed by atoms with Crippen molar-refractivity contribution in [3.63, 3.8) is 0 Å². The maximum Gasteiger partial charge on any atom is 0.328 e. The first-order valence-corrected chi connectivity index (χ1v) is 6.80. The number of hydrogen-bond acceptors (Lipinski definition) is 5. The Bertz CT molecular complexity index is 619. The molecule has 1 heterocycles. The minimum Gasteiger partial charge on any atom is -0.424 e. The van der Waals surface area contributed by atoms with Crippen molar-refractivity contribution in [2.75, 3.05) is 19.0 Å². The molecule has 5 nitrogen and oxygen atoms in total. The highest BCUT2D eigenvalue weighted by Gasteiger charge is 2.09. The van der Waals surface area contributed by atoms with Gasteiger partial charge in [-0.3, -0.25) is 0 Å². The molecule has 0 saturated carbocycles. The Morgan fingerprint density at radius 3 is 2.55 bits per heavy atom. The van der Waals surface area contributed by atoms with Gasteiger partial charge in [-0.1, -0.05) is 18.5 Å². The Kier molecular flexibility index (Phi) is 4.62. The van der Waals surface area contributed by atoms with Crippen molar-refractivity contribution >= 4 is 29.2 Å². The van der Waals surface area contributed by atoms with E-state index >= 15 is 0 Å². The number of ether oxygens (including phenoxy) is 1. The summed E-state index contributed by atoms with van der Waals surface area (Å²) in [7, 11) is 3.62. The first-order valence-electron chi connectivity index (χ1n) is 6.04. The average molecular weight is 313 g/mol. The average Bonchev–Trinajstić information content (AvgIpc) is 2.40. The third-order valence-electron chi connectivity index (χ3n) is 2.58. The predicted molar refractivity (Wildman–Crippen MR) is 80.1 cm³/mol. The second-order valence-corrected chi connectivity index (χ2v) is 5.04. The molecule has 0 amide bonds. The quantitative estimate of drug-likeness (QED) is 0.863. The van der Waals surface area contributed by atoms with Crippen molar-refractivity contribution in [3.05, 3.63) is 34.1 Å². The van der Waals surface area contributed by atoms with Crippen molar-refractivity contribution in [2.24, 2.45) is 0 Å². The third-order valence-corrected chi connectivity index (χ3v) is 3.12. The Morgan fingerprint density at radius 2 is 1.90 bits per heavy atom. The summed E-state index contributed by atoms with van der Waals surface area (Å²) in [5.74, 6) is 1.04. The molecule has 20 heavy (non-hydrogen) atoms. The molecule has 0 bridgehead atoms. The van der Waals surface area contributed by atoms with E-state index in [0.717, 1.165) is 12.0 Å². The first-order chi connectivity index (χ1) is 9.49. The molecule has 1 aromatic heterocycles. The van der Waals surface area contributed by atoms with Crippen LogP contribution in [0.2, 0.25) is 10.3 Å². The molecule has 2 aromatic rings. The van der Waals surface area contributed by atoms with Gasteiger partial charge in [0.1, 0.15) is 5.75 Å². The molecule has 2 rings (SSSR count). The van der Waals surface area contributed by atoms with Gasteiger partial charge in [-0.05, 0) is 41.8 Å². The molecule has 1 aromatic carbocycles. The van der Waals surface area contributed by atoms with Crippen molar-refractivity contribution in [1.29, 1.82) is 0 Å². The lowest BCUT2D eigenvalue weighted by atomic mass is 10.1. The summed E-state index contributed by atoms with van der Waals surface area (Å²) in [6, 6.07) is 5.55. The fraction of sp³-hybridized carbons (Fsp3) is 0.308. The lowest BCUT2D eigenvalue weighted by Gasteiger charge is -2.11. The number of nitrogens with zero attached hydrogens (tertiary/aromatic N) is 4. The highest BCUT2D eigenvalue weighted by molar-refractivity contribution is 6.31.